The Morgan fingerprint density at radius 3 is 2.33 bits per heavy atom. The molecule has 1 unspecified atom stereocenters. The molecule has 0 aromatic carbocycles. The van der Waals surface area contributed by atoms with Gasteiger partial charge < -0.3 is 20.4 Å². The number of hydrogen-bond donors (Lipinski definition) is 3. The Labute approximate surface area is 124 Å². The molecule has 21 heavy (non-hydrogen) atoms. The normalized spacial score (nSPS) is 18.3. The summed E-state index contributed by atoms with van der Waals surface area (Å²) < 4.78 is 22.2. The summed E-state index contributed by atoms with van der Waals surface area (Å²) in [5.74, 6) is -1.37. The molecule has 9 heteroatoms. The van der Waals surface area contributed by atoms with Gasteiger partial charge >= 0.3 is 12.0 Å². The number of piperidine rings is 1. The van der Waals surface area contributed by atoms with Crippen LogP contribution in [0.4, 0.5) is 4.79 Å². The third kappa shape index (κ3) is 6.30. The highest BCUT2D eigenvalue weighted by atomic mass is 32.2. The highest BCUT2D eigenvalue weighted by Crippen LogP contribution is 2.16. The Morgan fingerprint density at radius 2 is 1.90 bits per heavy atom. The number of carbonyl (C=O) groups is 2. The highest BCUT2D eigenvalue weighted by molar-refractivity contribution is 7.90. The number of aliphatic carboxylic acids is 1. The van der Waals surface area contributed by atoms with Gasteiger partial charge in [0.15, 0.2) is 0 Å². The molecule has 0 saturated carbocycles. The zero-order valence-corrected chi connectivity index (χ0v) is 12.8. The van der Waals surface area contributed by atoms with E-state index >= 15 is 0 Å². The maximum absolute atomic E-state index is 12.0. The summed E-state index contributed by atoms with van der Waals surface area (Å²) in [4.78, 5) is 24.5. The van der Waals surface area contributed by atoms with Gasteiger partial charge in [-0.3, -0.25) is 0 Å². The zero-order chi connectivity index (χ0) is 16.0. The first-order chi connectivity index (χ1) is 9.73. The Kier molecular flexibility index (Phi) is 6.41. The number of urea groups is 1. The molecule has 8 nitrogen and oxygen atoms in total. The van der Waals surface area contributed by atoms with E-state index in [1.807, 2.05) is 0 Å². The third-order valence-electron chi connectivity index (χ3n) is 3.53. The molecule has 2 amide bonds. The average molecular weight is 322 g/mol. The van der Waals surface area contributed by atoms with Crippen molar-refractivity contribution in [3.05, 3.63) is 0 Å². The van der Waals surface area contributed by atoms with Crippen LogP contribution in [-0.2, 0) is 14.6 Å². The van der Waals surface area contributed by atoms with Crippen molar-refractivity contribution in [2.24, 2.45) is 5.92 Å². The Hall–Kier alpha value is -1.35. The monoisotopic (exact) mass is 322 g/mol. The van der Waals surface area contributed by atoms with Crippen LogP contribution in [0.3, 0.4) is 0 Å². The number of amides is 2. The number of aliphatic hydroxyl groups is 1. The molecule has 1 atom stereocenters. The van der Waals surface area contributed by atoms with Gasteiger partial charge in [0.1, 0.15) is 15.9 Å². The molecule has 0 bridgehead atoms. The molecule has 0 aromatic heterocycles. The fourth-order valence-electron chi connectivity index (χ4n) is 2.15. The number of nitrogens with one attached hydrogen (secondary N) is 1. The van der Waals surface area contributed by atoms with Crippen LogP contribution in [0.25, 0.3) is 0 Å². The highest BCUT2D eigenvalue weighted by Gasteiger charge is 2.27. The van der Waals surface area contributed by atoms with Crippen molar-refractivity contribution in [3.8, 4) is 0 Å². The minimum Gasteiger partial charge on any atom is -0.480 e. The van der Waals surface area contributed by atoms with E-state index in [2.05, 4.69) is 5.32 Å². The van der Waals surface area contributed by atoms with Crippen LogP contribution in [0.1, 0.15) is 19.3 Å². The molecule has 1 fully saturated rings. The quantitative estimate of drug-likeness (QED) is 0.593. The van der Waals surface area contributed by atoms with Gasteiger partial charge in [-0.1, -0.05) is 0 Å². The number of carbonyl (C=O) groups excluding carboxylic acids is 1. The summed E-state index contributed by atoms with van der Waals surface area (Å²) >= 11 is 0. The van der Waals surface area contributed by atoms with E-state index in [0.29, 0.717) is 25.9 Å². The van der Waals surface area contributed by atoms with E-state index < -0.39 is 27.9 Å². The van der Waals surface area contributed by atoms with Gasteiger partial charge in [-0.25, -0.2) is 18.0 Å². The number of hydrogen-bond acceptors (Lipinski definition) is 5. The molecule has 0 aromatic rings. The van der Waals surface area contributed by atoms with Crippen LogP contribution in [0, 0.1) is 5.92 Å². The first kappa shape index (κ1) is 17.7. The van der Waals surface area contributed by atoms with E-state index in [4.69, 9.17) is 10.2 Å². The topological polar surface area (TPSA) is 124 Å². The summed E-state index contributed by atoms with van der Waals surface area (Å²) in [6.07, 6.45) is 2.20. The predicted molar refractivity (Wildman–Crippen MR) is 75.7 cm³/mol. The minimum absolute atomic E-state index is 0.0849. The number of nitrogens with zero attached hydrogens (tertiary/aromatic N) is 1. The first-order valence-corrected chi connectivity index (χ1v) is 8.86. The van der Waals surface area contributed by atoms with Gasteiger partial charge in [0, 0.05) is 26.0 Å². The maximum Gasteiger partial charge on any atom is 0.326 e. The molecule has 122 valence electrons. The number of aliphatic hydroxyl groups excluding tert-OH is 1. The molecule has 1 aliphatic rings. The number of carboxylic acid groups (broad SMARTS) is 1. The Balaban J connectivity index is 2.51. The zero-order valence-electron chi connectivity index (χ0n) is 12.0. The van der Waals surface area contributed by atoms with E-state index in [1.54, 1.807) is 0 Å². The van der Waals surface area contributed by atoms with Crippen molar-refractivity contribution >= 4 is 21.8 Å². The lowest BCUT2D eigenvalue weighted by Crippen LogP contribution is -2.50. The largest absolute Gasteiger partial charge is 0.480 e. The van der Waals surface area contributed by atoms with Crippen LogP contribution in [0.2, 0.25) is 0 Å². The second kappa shape index (κ2) is 7.60. The fourth-order valence-corrected chi connectivity index (χ4v) is 2.81. The van der Waals surface area contributed by atoms with Crippen LogP contribution >= 0.6 is 0 Å². The van der Waals surface area contributed by atoms with Crippen LogP contribution < -0.4 is 5.32 Å². The van der Waals surface area contributed by atoms with Crippen LogP contribution in [0.5, 0.6) is 0 Å². The minimum atomic E-state index is -3.28. The van der Waals surface area contributed by atoms with Crippen LogP contribution in [0.15, 0.2) is 0 Å². The summed E-state index contributed by atoms with van der Waals surface area (Å²) in [5, 5.41) is 20.4. The number of sulfone groups is 1. The van der Waals surface area contributed by atoms with E-state index in [1.165, 1.54) is 4.90 Å². The lowest BCUT2D eigenvalue weighted by atomic mass is 9.98. The van der Waals surface area contributed by atoms with Gasteiger partial charge in [-0.2, -0.15) is 0 Å². The number of carboxylic acids is 1. The van der Waals surface area contributed by atoms with Gasteiger partial charge in [-0.15, -0.1) is 0 Å². The molecule has 0 aliphatic carbocycles. The molecule has 3 N–H and O–H groups in total. The average Bonchev–Trinajstić information content (AvgIpc) is 2.42. The van der Waals surface area contributed by atoms with Crippen molar-refractivity contribution in [2.45, 2.75) is 25.3 Å². The Bertz CT molecular complexity index is 470. The van der Waals surface area contributed by atoms with Crippen LogP contribution in [-0.4, -0.2) is 73.3 Å². The smallest absolute Gasteiger partial charge is 0.326 e. The summed E-state index contributed by atoms with van der Waals surface area (Å²) in [5.41, 5.74) is 0. The lowest BCUT2D eigenvalue weighted by Gasteiger charge is -2.32. The van der Waals surface area contributed by atoms with E-state index in [-0.39, 0.29) is 24.7 Å². The van der Waals surface area contributed by atoms with Crippen molar-refractivity contribution in [2.75, 3.05) is 31.7 Å². The third-order valence-corrected chi connectivity index (χ3v) is 4.51. The SMILES string of the molecule is CS(=O)(=O)CCC(NC(=O)N1CCC(CO)CC1)C(=O)O. The first-order valence-electron chi connectivity index (χ1n) is 6.79. The second-order valence-electron chi connectivity index (χ2n) is 5.37. The fraction of sp³-hybridized carbons (Fsp3) is 0.833. The van der Waals surface area contributed by atoms with Gasteiger partial charge in [-0.05, 0) is 25.2 Å². The standard InChI is InChI=1S/C12H22N2O6S/c1-21(19,20)7-4-10(11(16)17)13-12(18)14-5-2-9(8-15)3-6-14/h9-10,15H,2-8H2,1H3,(H,13,18)(H,16,17). The van der Waals surface area contributed by atoms with Gasteiger partial charge in [0.05, 0.1) is 5.75 Å². The van der Waals surface area contributed by atoms with Crippen molar-refractivity contribution < 1.29 is 28.2 Å². The molecular weight excluding hydrogens is 300 g/mol. The molecular formula is C12H22N2O6S. The van der Waals surface area contributed by atoms with Gasteiger partial charge in [0.25, 0.3) is 0 Å². The summed E-state index contributed by atoms with van der Waals surface area (Å²) in [7, 11) is -3.28. The molecule has 1 heterocycles. The Morgan fingerprint density at radius 1 is 1.33 bits per heavy atom. The van der Waals surface area contributed by atoms with Crippen molar-refractivity contribution in [1.82, 2.24) is 10.2 Å². The molecule has 0 spiro atoms. The molecule has 1 aliphatic heterocycles. The molecule has 1 saturated heterocycles. The second-order valence-corrected chi connectivity index (χ2v) is 7.63. The molecule has 0 radical (unpaired) electrons. The lowest BCUT2D eigenvalue weighted by molar-refractivity contribution is -0.139. The summed E-state index contributed by atoms with van der Waals surface area (Å²) in [6, 6.07) is -1.73. The van der Waals surface area contributed by atoms with E-state index in [0.717, 1.165) is 6.26 Å². The van der Waals surface area contributed by atoms with E-state index in [9.17, 15) is 18.0 Å². The predicted octanol–water partition coefficient (Wildman–Crippen LogP) is -0.712. The molecule has 1 rings (SSSR count). The number of likely N-dealkylation sites (tertiary alicyclic amines) is 1. The van der Waals surface area contributed by atoms with Gasteiger partial charge in [0.2, 0.25) is 0 Å². The van der Waals surface area contributed by atoms with Crippen molar-refractivity contribution in [1.29, 1.82) is 0 Å². The maximum atomic E-state index is 12.0. The number of rotatable bonds is 6. The summed E-state index contributed by atoms with van der Waals surface area (Å²) in [6.45, 7) is 0.993. The van der Waals surface area contributed by atoms with Crippen molar-refractivity contribution in [3.63, 3.8) is 0 Å².